The molecule has 0 aliphatic carbocycles. The van der Waals surface area contributed by atoms with E-state index in [1.165, 1.54) is 5.56 Å². The molecule has 0 aliphatic rings. The van der Waals surface area contributed by atoms with E-state index in [1.54, 1.807) is 13.2 Å². The minimum Gasteiger partial charge on any atom is -0.493 e. The van der Waals surface area contributed by atoms with Gasteiger partial charge in [0.25, 0.3) is 0 Å². The van der Waals surface area contributed by atoms with Gasteiger partial charge in [0.05, 0.1) is 23.7 Å². The van der Waals surface area contributed by atoms with Crippen molar-refractivity contribution in [2.24, 2.45) is 0 Å². The zero-order valence-electron chi connectivity index (χ0n) is 18.1. The summed E-state index contributed by atoms with van der Waals surface area (Å²) in [6, 6.07) is 19.4. The highest BCUT2D eigenvalue weighted by Crippen LogP contribution is 2.31. The number of nitrogens with zero attached hydrogens (tertiary/aromatic N) is 2. The van der Waals surface area contributed by atoms with Crippen LogP contribution in [-0.2, 0) is 6.61 Å². The molecular formula is C26H22ClN3O2. The van der Waals surface area contributed by atoms with Crippen LogP contribution in [0.15, 0.2) is 54.6 Å². The lowest BCUT2D eigenvalue weighted by Gasteiger charge is -2.12. The fourth-order valence-corrected chi connectivity index (χ4v) is 3.57. The maximum Gasteiger partial charge on any atom is 0.161 e. The Morgan fingerprint density at radius 3 is 2.62 bits per heavy atom. The maximum absolute atomic E-state index is 9.75. The van der Waals surface area contributed by atoms with Crippen LogP contribution >= 0.6 is 11.6 Å². The zero-order chi connectivity index (χ0) is 22.7. The second kappa shape index (κ2) is 9.17. The van der Waals surface area contributed by atoms with E-state index in [9.17, 15) is 5.26 Å². The molecule has 0 atom stereocenters. The summed E-state index contributed by atoms with van der Waals surface area (Å²) < 4.78 is 11.4. The lowest BCUT2D eigenvalue weighted by molar-refractivity contribution is 0.284. The Morgan fingerprint density at radius 1 is 1.09 bits per heavy atom. The Balaban J connectivity index is 1.61. The minimum atomic E-state index is 0.326. The lowest BCUT2D eigenvalue weighted by atomic mass is 10.1. The van der Waals surface area contributed by atoms with E-state index in [2.05, 4.69) is 23.0 Å². The number of aromatic nitrogens is 2. The number of nitrogens with one attached hydrogen (secondary N) is 1. The van der Waals surface area contributed by atoms with E-state index in [1.807, 2.05) is 61.5 Å². The Labute approximate surface area is 191 Å². The number of rotatable bonds is 6. The number of ether oxygens (including phenoxy) is 2. The number of hydrogen-bond acceptors (Lipinski definition) is 4. The first-order valence-electron chi connectivity index (χ1n) is 10.1. The van der Waals surface area contributed by atoms with Crippen molar-refractivity contribution in [1.29, 1.82) is 5.26 Å². The summed E-state index contributed by atoms with van der Waals surface area (Å²) in [5.74, 6) is 1.70. The third kappa shape index (κ3) is 4.46. The Morgan fingerprint density at radius 2 is 1.88 bits per heavy atom. The second-order valence-electron chi connectivity index (χ2n) is 7.50. The lowest BCUT2D eigenvalue weighted by Crippen LogP contribution is -1.98. The summed E-state index contributed by atoms with van der Waals surface area (Å²) in [5, 5.41) is 10.4. The Bertz CT molecular complexity index is 1330. The van der Waals surface area contributed by atoms with Gasteiger partial charge in [0, 0.05) is 10.6 Å². The highest BCUT2D eigenvalue weighted by Gasteiger charge is 2.11. The second-order valence-corrected chi connectivity index (χ2v) is 7.91. The molecule has 0 amide bonds. The van der Waals surface area contributed by atoms with E-state index in [0.717, 1.165) is 27.7 Å². The smallest absolute Gasteiger partial charge is 0.161 e. The first-order valence-corrected chi connectivity index (χ1v) is 10.5. The molecule has 5 nitrogen and oxygen atoms in total. The van der Waals surface area contributed by atoms with Crippen LogP contribution in [-0.4, -0.2) is 17.1 Å². The van der Waals surface area contributed by atoms with Gasteiger partial charge in [-0.25, -0.2) is 4.98 Å². The molecule has 0 fully saturated rings. The highest BCUT2D eigenvalue weighted by molar-refractivity contribution is 6.31. The number of hydrogen-bond donors (Lipinski definition) is 1. The van der Waals surface area contributed by atoms with E-state index >= 15 is 0 Å². The van der Waals surface area contributed by atoms with Crippen LogP contribution in [0.2, 0.25) is 5.02 Å². The quantitative estimate of drug-likeness (QED) is 0.346. The Kier molecular flexibility index (Phi) is 6.16. The number of H-pyrrole nitrogens is 1. The molecule has 6 heteroatoms. The van der Waals surface area contributed by atoms with Gasteiger partial charge in [-0.3, -0.25) is 0 Å². The first-order chi connectivity index (χ1) is 15.5. The molecule has 0 aliphatic heterocycles. The van der Waals surface area contributed by atoms with Crippen molar-refractivity contribution in [3.8, 4) is 17.6 Å². The summed E-state index contributed by atoms with van der Waals surface area (Å²) in [7, 11) is 1.58. The van der Waals surface area contributed by atoms with E-state index in [4.69, 9.17) is 21.1 Å². The van der Waals surface area contributed by atoms with Gasteiger partial charge in [0.2, 0.25) is 0 Å². The standard InChI is InChI=1S/C26H22ClN3O2/c1-16-10-22-23(11-17(16)2)30-26(29-22)20(14-28)12-18-8-9-24(25(13-18)31-3)32-15-19-6-4-5-7-21(19)27/h4-13H,15H2,1-3H3,(H,29,30)/b20-12+. The molecule has 1 aromatic heterocycles. The van der Waals surface area contributed by atoms with Gasteiger partial charge in [-0.05, 0) is 66.9 Å². The van der Waals surface area contributed by atoms with E-state index in [-0.39, 0.29) is 0 Å². The molecule has 0 bridgehead atoms. The van der Waals surface area contributed by atoms with Crippen LogP contribution in [0.4, 0.5) is 0 Å². The van der Waals surface area contributed by atoms with Gasteiger partial charge in [-0.1, -0.05) is 35.9 Å². The summed E-state index contributed by atoms with van der Waals surface area (Å²) in [4.78, 5) is 7.85. The molecule has 0 saturated heterocycles. The van der Waals surface area contributed by atoms with Gasteiger partial charge in [0.15, 0.2) is 11.5 Å². The summed E-state index contributed by atoms with van der Waals surface area (Å²) >= 11 is 6.21. The van der Waals surface area contributed by atoms with E-state index in [0.29, 0.717) is 34.5 Å². The molecule has 0 unspecified atom stereocenters. The molecular weight excluding hydrogens is 422 g/mol. The summed E-state index contributed by atoms with van der Waals surface area (Å²) in [6.07, 6.45) is 1.78. The van der Waals surface area contributed by atoms with Crippen LogP contribution in [0.3, 0.4) is 0 Å². The monoisotopic (exact) mass is 443 g/mol. The maximum atomic E-state index is 9.75. The number of aromatic amines is 1. The average molecular weight is 444 g/mol. The van der Waals surface area contributed by atoms with Crippen molar-refractivity contribution in [2.75, 3.05) is 7.11 Å². The highest BCUT2D eigenvalue weighted by atomic mass is 35.5. The molecule has 3 aromatic carbocycles. The normalized spacial score (nSPS) is 11.4. The third-order valence-corrected chi connectivity index (χ3v) is 5.68. The van der Waals surface area contributed by atoms with Crippen molar-refractivity contribution in [3.05, 3.63) is 87.7 Å². The van der Waals surface area contributed by atoms with Crippen LogP contribution in [0.1, 0.15) is 28.1 Å². The predicted octanol–water partition coefficient (Wildman–Crippen LogP) is 6.48. The predicted molar refractivity (Wildman–Crippen MR) is 128 cm³/mol. The number of halogens is 1. The number of methoxy groups -OCH3 is 1. The van der Waals surface area contributed by atoms with Crippen molar-refractivity contribution in [1.82, 2.24) is 9.97 Å². The number of nitriles is 1. The molecule has 160 valence electrons. The van der Waals surface area contributed by atoms with Gasteiger partial charge < -0.3 is 14.5 Å². The van der Waals surface area contributed by atoms with Crippen LogP contribution in [0, 0.1) is 25.2 Å². The minimum absolute atomic E-state index is 0.326. The van der Waals surface area contributed by atoms with Gasteiger partial charge >= 0.3 is 0 Å². The van der Waals surface area contributed by atoms with Crippen molar-refractivity contribution < 1.29 is 9.47 Å². The number of aryl methyl sites for hydroxylation is 2. The largest absolute Gasteiger partial charge is 0.493 e. The van der Waals surface area contributed by atoms with Gasteiger partial charge in [-0.15, -0.1) is 0 Å². The molecule has 0 radical (unpaired) electrons. The number of benzene rings is 3. The van der Waals surface area contributed by atoms with Crippen LogP contribution in [0.25, 0.3) is 22.7 Å². The molecule has 32 heavy (non-hydrogen) atoms. The molecule has 4 rings (SSSR count). The van der Waals surface area contributed by atoms with E-state index < -0.39 is 0 Å². The number of fused-ring (bicyclic) bond motifs is 1. The summed E-state index contributed by atoms with van der Waals surface area (Å²) in [6.45, 7) is 4.43. The third-order valence-electron chi connectivity index (χ3n) is 5.31. The SMILES string of the molecule is COc1cc(/C=C(\C#N)c2nc3cc(C)c(C)cc3[nH]2)ccc1OCc1ccccc1Cl. The zero-order valence-corrected chi connectivity index (χ0v) is 18.8. The fourth-order valence-electron chi connectivity index (χ4n) is 3.38. The van der Waals surface area contributed by atoms with Crippen molar-refractivity contribution in [3.63, 3.8) is 0 Å². The van der Waals surface area contributed by atoms with Gasteiger partial charge in [-0.2, -0.15) is 5.26 Å². The van der Waals surface area contributed by atoms with Gasteiger partial charge in [0.1, 0.15) is 18.5 Å². The van der Waals surface area contributed by atoms with Crippen molar-refractivity contribution >= 4 is 34.3 Å². The molecule has 1 N–H and O–H groups in total. The number of imidazole rings is 1. The number of allylic oxidation sites excluding steroid dienone is 1. The summed E-state index contributed by atoms with van der Waals surface area (Å²) in [5.41, 5.74) is 6.21. The van der Waals surface area contributed by atoms with Crippen LogP contribution < -0.4 is 9.47 Å². The molecule has 4 aromatic rings. The topological polar surface area (TPSA) is 70.9 Å². The molecule has 0 spiro atoms. The molecule has 1 heterocycles. The molecule has 0 saturated carbocycles. The van der Waals surface area contributed by atoms with Crippen LogP contribution in [0.5, 0.6) is 11.5 Å². The first kappa shape index (κ1) is 21.5. The fraction of sp³-hybridized carbons (Fsp3) is 0.154. The van der Waals surface area contributed by atoms with Crippen molar-refractivity contribution in [2.45, 2.75) is 20.5 Å². The average Bonchev–Trinajstić information content (AvgIpc) is 3.19. The Hall–Kier alpha value is -3.75.